The molecule has 19 heavy (non-hydrogen) atoms. The standard InChI is InChI=1S/C12H16ClN5O/c1-9(18-7-10(13)6-15-18)12(19)16(2)8-11-4-5-14-17(11)3/h4-7,9H,8H2,1-3H3. The van der Waals surface area contributed by atoms with Gasteiger partial charge in [0.15, 0.2) is 0 Å². The molecule has 1 atom stereocenters. The minimum absolute atomic E-state index is 0.0269. The Hall–Kier alpha value is -1.82. The van der Waals surface area contributed by atoms with Crippen LogP contribution in [0.25, 0.3) is 0 Å². The van der Waals surface area contributed by atoms with Crippen LogP contribution in [-0.4, -0.2) is 37.4 Å². The zero-order valence-corrected chi connectivity index (χ0v) is 11.9. The molecule has 0 spiro atoms. The molecular weight excluding hydrogens is 266 g/mol. The molecule has 0 radical (unpaired) electrons. The molecule has 0 aliphatic heterocycles. The van der Waals surface area contributed by atoms with E-state index < -0.39 is 0 Å². The van der Waals surface area contributed by atoms with Crippen molar-refractivity contribution in [3.8, 4) is 0 Å². The smallest absolute Gasteiger partial charge is 0.247 e. The summed E-state index contributed by atoms with van der Waals surface area (Å²) in [4.78, 5) is 13.9. The first-order valence-corrected chi connectivity index (χ1v) is 6.28. The third-order valence-corrected chi connectivity index (χ3v) is 3.22. The van der Waals surface area contributed by atoms with Crippen molar-refractivity contribution < 1.29 is 4.79 Å². The summed E-state index contributed by atoms with van der Waals surface area (Å²) in [5.74, 6) is -0.0269. The summed E-state index contributed by atoms with van der Waals surface area (Å²) in [6.07, 6.45) is 4.87. The molecule has 0 aliphatic rings. The average Bonchev–Trinajstić information content (AvgIpc) is 2.97. The fourth-order valence-electron chi connectivity index (χ4n) is 1.84. The molecule has 1 amide bonds. The van der Waals surface area contributed by atoms with Crippen molar-refractivity contribution in [3.63, 3.8) is 0 Å². The minimum atomic E-state index is -0.384. The summed E-state index contributed by atoms with van der Waals surface area (Å²) in [5.41, 5.74) is 0.974. The second-order valence-corrected chi connectivity index (χ2v) is 4.89. The normalized spacial score (nSPS) is 12.4. The Balaban J connectivity index is 2.05. The Kier molecular flexibility index (Phi) is 3.90. The molecule has 0 aliphatic carbocycles. The summed E-state index contributed by atoms with van der Waals surface area (Å²) >= 11 is 5.80. The highest BCUT2D eigenvalue weighted by atomic mass is 35.5. The first-order chi connectivity index (χ1) is 8.99. The molecule has 1 unspecified atom stereocenters. The lowest BCUT2D eigenvalue weighted by Gasteiger charge is -2.21. The maximum atomic E-state index is 12.3. The highest BCUT2D eigenvalue weighted by Gasteiger charge is 2.20. The van der Waals surface area contributed by atoms with Crippen molar-refractivity contribution in [3.05, 3.63) is 35.4 Å². The number of amides is 1. The Morgan fingerprint density at radius 1 is 1.53 bits per heavy atom. The highest BCUT2D eigenvalue weighted by molar-refractivity contribution is 6.30. The third kappa shape index (κ3) is 2.96. The Morgan fingerprint density at radius 2 is 2.26 bits per heavy atom. The minimum Gasteiger partial charge on any atom is -0.338 e. The van der Waals surface area contributed by atoms with E-state index in [4.69, 9.17) is 11.6 Å². The number of carbonyl (C=O) groups is 1. The van der Waals surface area contributed by atoms with Crippen LogP contribution in [0.3, 0.4) is 0 Å². The molecule has 2 aromatic heterocycles. The molecule has 2 heterocycles. The van der Waals surface area contributed by atoms with Gasteiger partial charge in [-0.25, -0.2) is 0 Å². The van der Waals surface area contributed by atoms with E-state index in [0.29, 0.717) is 11.6 Å². The molecular formula is C12H16ClN5O. The van der Waals surface area contributed by atoms with E-state index in [2.05, 4.69) is 10.2 Å². The zero-order chi connectivity index (χ0) is 14.0. The largest absolute Gasteiger partial charge is 0.338 e. The maximum Gasteiger partial charge on any atom is 0.247 e. The molecule has 0 saturated carbocycles. The van der Waals surface area contributed by atoms with Gasteiger partial charge in [-0.05, 0) is 13.0 Å². The molecule has 0 N–H and O–H groups in total. The molecule has 0 fully saturated rings. The van der Waals surface area contributed by atoms with Gasteiger partial charge in [-0.3, -0.25) is 14.2 Å². The van der Waals surface area contributed by atoms with Crippen molar-refractivity contribution in [2.75, 3.05) is 7.05 Å². The van der Waals surface area contributed by atoms with Crippen molar-refractivity contribution in [1.29, 1.82) is 0 Å². The molecule has 2 rings (SSSR count). The number of hydrogen-bond donors (Lipinski definition) is 0. The van der Waals surface area contributed by atoms with Gasteiger partial charge < -0.3 is 4.90 Å². The zero-order valence-electron chi connectivity index (χ0n) is 11.1. The predicted molar refractivity (Wildman–Crippen MR) is 71.6 cm³/mol. The summed E-state index contributed by atoms with van der Waals surface area (Å²) in [6, 6.07) is 1.50. The van der Waals surface area contributed by atoms with E-state index in [1.54, 1.807) is 40.6 Å². The van der Waals surface area contributed by atoms with E-state index in [0.717, 1.165) is 5.69 Å². The Bertz CT molecular complexity index is 576. The number of aryl methyl sites for hydroxylation is 1. The Labute approximate surface area is 116 Å². The van der Waals surface area contributed by atoms with Crippen LogP contribution < -0.4 is 0 Å². The lowest BCUT2D eigenvalue weighted by Crippen LogP contribution is -2.33. The monoisotopic (exact) mass is 281 g/mol. The third-order valence-electron chi connectivity index (χ3n) is 3.02. The van der Waals surface area contributed by atoms with Crippen LogP contribution in [0, 0.1) is 0 Å². The predicted octanol–water partition coefficient (Wildman–Crippen LogP) is 1.49. The van der Waals surface area contributed by atoms with Crippen LogP contribution in [0.4, 0.5) is 0 Å². The summed E-state index contributed by atoms with van der Waals surface area (Å²) < 4.78 is 3.31. The first-order valence-electron chi connectivity index (χ1n) is 5.90. The second-order valence-electron chi connectivity index (χ2n) is 4.45. The van der Waals surface area contributed by atoms with Gasteiger partial charge in [0.2, 0.25) is 5.91 Å². The number of nitrogens with zero attached hydrogens (tertiary/aromatic N) is 5. The lowest BCUT2D eigenvalue weighted by molar-refractivity contribution is -0.133. The molecule has 102 valence electrons. The number of hydrogen-bond acceptors (Lipinski definition) is 3. The van der Waals surface area contributed by atoms with Crippen LogP contribution in [0.15, 0.2) is 24.7 Å². The van der Waals surface area contributed by atoms with E-state index in [1.165, 1.54) is 6.20 Å². The van der Waals surface area contributed by atoms with Crippen molar-refractivity contribution in [2.45, 2.75) is 19.5 Å². The SMILES string of the molecule is CC(C(=O)N(C)Cc1ccnn1C)n1cc(Cl)cn1. The van der Waals surface area contributed by atoms with E-state index in [-0.39, 0.29) is 11.9 Å². The van der Waals surface area contributed by atoms with Crippen molar-refractivity contribution in [1.82, 2.24) is 24.5 Å². The van der Waals surface area contributed by atoms with Gasteiger partial charge in [-0.15, -0.1) is 0 Å². The number of likely N-dealkylation sites (N-methyl/N-ethyl adjacent to an activating group) is 1. The van der Waals surface area contributed by atoms with Gasteiger partial charge in [-0.2, -0.15) is 10.2 Å². The molecule has 7 heteroatoms. The summed E-state index contributed by atoms with van der Waals surface area (Å²) in [5, 5.41) is 8.65. The quantitative estimate of drug-likeness (QED) is 0.853. The van der Waals surface area contributed by atoms with Crippen LogP contribution in [0.5, 0.6) is 0 Å². The molecule has 0 bridgehead atoms. The molecule has 0 aromatic carbocycles. The van der Waals surface area contributed by atoms with Gasteiger partial charge in [0.05, 0.1) is 23.5 Å². The number of rotatable bonds is 4. The van der Waals surface area contributed by atoms with Crippen LogP contribution in [0.2, 0.25) is 5.02 Å². The van der Waals surface area contributed by atoms with Crippen LogP contribution >= 0.6 is 11.6 Å². The van der Waals surface area contributed by atoms with E-state index in [9.17, 15) is 4.79 Å². The van der Waals surface area contributed by atoms with Crippen molar-refractivity contribution in [2.24, 2.45) is 7.05 Å². The van der Waals surface area contributed by atoms with E-state index >= 15 is 0 Å². The molecule has 2 aromatic rings. The van der Waals surface area contributed by atoms with Crippen molar-refractivity contribution >= 4 is 17.5 Å². The fourth-order valence-corrected chi connectivity index (χ4v) is 1.98. The number of carbonyl (C=O) groups excluding carboxylic acids is 1. The number of halogens is 1. The van der Waals surface area contributed by atoms with Gasteiger partial charge in [0.1, 0.15) is 6.04 Å². The van der Waals surface area contributed by atoms with Crippen LogP contribution in [0.1, 0.15) is 18.7 Å². The lowest BCUT2D eigenvalue weighted by atomic mass is 10.3. The Morgan fingerprint density at radius 3 is 2.79 bits per heavy atom. The summed E-state index contributed by atoms with van der Waals surface area (Å²) in [7, 11) is 3.61. The topological polar surface area (TPSA) is 56.0 Å². The highest BCUT2D eigenvalue weighted by Crippen LogP contribution is 2.14. The van der Waals surface area contributed by atoms with Gasteiger partial charge >= 0.3 is 0 Å². The molecule has 6 nitrogen and oxygen atoms in total. The van der Waals surface area contributed by atoms with Gasteiger partial charge in [0.25, 0.3) is 0 Å². The average molecular weight is 282 g/mol. The van der Waals surface area contributed by atoms with Crippen LogP contribution in [-0.2, 0) is 18.4 Å². The van der Waals surface area contributed by atoms with E-state index in [1.807, 2.05) is 13.1 Å². The summed E-state index contributed by atoms with van der Waals surface area (Å²) in [6.45, 7) is 2.31. The first kappa shape index (κ1) is 13.6. The van der Waals surface area contributed by atoms with Gasteiger partial charge in [-0.1, -0.05) is 11.6 Å². The number of aromatic nitrogens is 4. The molecule has 0 saturated heterocycles. The maximum absolute atomic E-state index is 12.3. The fraction of sp³-hybridized carbons (Fsp3) is 0.417. The second kappa shape index (κ2) is 5.44. The van der Waals surface area contributed by atoms with Gasteiger partial charge in [0, 0.05) is 26.5 Å².